The highest BCUT2D eigenvalue weighted by Gasteiger charge is 2.17. The molecule has 2 aromatic carbocycles. The van der Waals surface area contributed by atoms with Gasteiger partial charge in [0.2, 0.25) is 0 Å². The molecule has 0 aliphatic rings. The number of methoxy groups -OCH3 is 1. The molecule has 0 atom stereocenters. The summed E-state index contributed by atoms with van der Waals surface area (Å²) in [5.41, 5.74) is 2.10. The van der Waals surface area contributed by atoms with Crippen LogP contribution in [-0.4, -0.2) is 17.3 Å². The number of benzene rings is 2. The lowest BCUT2D eigenvalue weighted by atomic mass is 9.99. The fourth-order valence-electron chi connectivity index (χ4n) is 2.15. The number of nitro benzene ring substituents is 1. The minimum absolute atomic E-state index is 0.0362. The summed E-state index contributed by atoms with van der Waals surface area (Å²) in [6, 6.07) is 9.43. The first-order chi connectivity index (χ1) is 9.93. The summed E-state index contributed by atoms with van der Waals surface area (Å²) in [7, 11) is 1.49. The van der Waals surface area contributed by atoms with Crippen LogP contribution in [-0.2, 0) is 0 Å². The number of nitrogens with zero attached hydrogens (tertiary/aromatic N) is 1. The van der Waals surface area contributed by atoms with Crippen LogP contribution >= 0.6 is 11.6 Å². The molecule has 0 amide bonds. The molecule has 108 valence electrons. The minimum Gasteiger partial charge on any atom is -0.496 e. The van der Waals surface area contributed by atoms with Gasteiger partial charge in [-0.25, -0.2) is 0 Å². The molecule has 0 aromatic heterocycles. The fourth-order valence-corrected chi connectivity index (χ4v) is 2.27. The van der Waals surface area contributed by atoms with Crippen LogP contribution in [0.3, 0.4) is 0 Å². The molecule has 0 aliphatic carbocycles. The number of carbonyl (C=O) groups excluding carboxylic acids is 1. The Morgan fingerprint density at radius 1 is 1.29 bits per heavy atom. The van der Waals surface area contributed by atoms with Crippen molar-refractivity contribution in [3.05, 3.63) is 57.6 Å². The maximum Gasteiger partial charge on any atom is 0.270 e. The van der Waals surface area contributed by atoms with Gasteiger partial charge in [-0.3, -0.25) is 14.9 Å². The summed E-state index contributed by atoms with van der Waals surface area (Å²) in [5.74, 6) is 0.528. The first-order valence-corrected chi connectivity index (χ1v) is 6.45. The van der Waals surface area contributed by atoms with E-state index in [0.29, 0.717) is 28.0 Å². The Kier molecular flexibility index (Phi) is 4.23. The Balaban J connectivity index is 2.69. The van der Waals surface area contributed by atoms with Crippen molar-refractivity contribution in [3.8, 4) is 16.9 Å². The third kappa shape index (κ3) is 3.03. The second kappa shape index (κ2) is 5.93. The average Bonchev–Trinajstić information content (AvgIpc) is 2.46. The lowest BCUT2D eigenvalue weighted by Gasteiger charge is -2.12. The van der Waals surface area contributed by atoms with Crippen molar-refractivity contribution in [1.82, 2.24) is 0 Å². The summed E-state index contributed by atoms with van der Waals surface area (Å²) in [5, 5.41) is 10.4. The van der Waals surface area contributed by atoms with Crippen LogP contribution in [0.5, 0.6) is 5.75 Å². The van der Waals surface area contributed by atoms with Crippen LogP contribution in [0.25, 0.3) is 11.1 Å². The zero-order valence-electron chi connectivity index (χ0n) is 11.4. The van der Waals surface area contributed by atoms with Gasteiger partial charge in [0.05, 0.1) is 12.0 Å². The van der Waals surface area contributed by atoms with Gasteiger partial charge in [-0.05, 0) is 35.7 Å². The van der Waals surface area contributed by atoms with Crippen molar-refractivity contribution in [2.45, 2.75) is 6.92 Å². The van der Waals surface area contributed by atoms with E-state index in [4.69, 9.17) is 16.3 Å². The zero-order valence-corrected chi connectivity index (χ0v) is 12.2. The second-order valence-electron chi connectivity index (χ2n) is 4.46. The number of carbonyl (C=O) groups is 1. The molecule has 0 aliphatic heterocycles. The van der Waals surface area contributed by atoms with Gasteiger partial charge in [0, 0.05) is 23.3 Å². The van der Waals surface area contributed by atoms with Crippen LogP contribution < -0.4 is 4.74 Å². The molecule has 0 spiro atoms. The van der Waals surface area contributed by atoms with Crippen molar-refractivity contribution in [3.63, 3.8) is 0 Å². The van der Waals surface area contributed by atoms with E-state index < -0.39 is 10.2 Å². The Morgan fingerprint density at radius 3 is 2.57 bits per heavy atom. The van der Waals surface area contributed by atoms with Crippen molar-refractivity contribution in [2.75, 3.05) is 7.11 Å². The number of hydrogen-bond donors (Lipinski definition) is 0. The van der Waals surface area contributed by atoms with Crippen LogP contribution in [0.4, 0.5) is 5.69 Å². The summed E-state index contributed by atoms with van der Waals surface area (Å²) in [6.45, 7) is 1.73. The van der Waals surface area contributed by atoms with E-state index >= 15 is 0 Å². The molecule has 21 heavy (non-hydrogen) atoms. The molecule has 6 heteroatoms. The topological polar surface area (TPSA) is 69.4 Å². The monoisotopic (exact) mass is 305 g/mol. The molecule has 0 N–H and O–H groups in total. The van der Waals surface area contributed by atoms with E-state index in [9.17, 15) is 14.9 Å². The maximum absolute atomic E-state index is 11.3. The van der Waals surface area contributed by atoms with E-state index in [1.807, 2.05) is 0 Å². The van der Waals surface area contributed by atoms with Gasteiger partial charge in [0.15, 0.2) is 0 Å². The lowest BCUT2D eigenvalue weighted by Crippen LogP contribution is -1.96. The molecule has 0 unspecified atom stereocenters. The minimum atomic E-state index is -0.585. The molecular formula is C15H12ClNO4. The van der Waals surface area contributed by atoms with E-state index in [-0.39, 0.29) is 5.69 Å². The highest BCUT2D eigenvalue weighted by Crippen LogP contribution is 2.36. The molecular weight excluding hydrogens is 294 g/mol. The van der Waals surface area contributed by atoms with Gasteiger partial charge >= 0.3 is 0 Å². The van der Waals surface area contributed by atoms with E-state index in [2.05, 4.69) is 0 Å². The highest BCUT2D eigenvalue weighted by atomic mass is 35.5. The molecule has 0 saturated heterocycles. The summed E-state index contributed by atoms with van der Waals surface area (Å²) >= 11 is 5.47. The first kappa shape index (κ1) is 15.0. The zero-order chi connectivity index (χ0) is 15.6. The lowest BCUT2D eigenvalue weighted by molar-refractivity contribution is -0.384. The SMILES string of the molecule is COc1c(C)cc([N+](=O)[O-])cc1-c1cccc(C(=O)Cl)c1. The normalized spacial score (nSPS) is 10.2. The van der Waals surface area contributed by atoms with Gasteiger partial charge in [-0.1, -0.05) is 18.2 Å². The van der Waals surface area contributed by atoms with Crippen molar-refractivity contribution in [1.29, 1.82) is 0 Å². The molecule has 0 fully saturated rings. The summed E-state index contributed by atoms with van der Waals surface area (Å²) in [6.07, 6.45) is 0. The van der Waals surface area contributed by atoms with Gasteiger partial charge in [0.1, 0.15) is 5.75 Å². The van der Waals surface area contributed by atoms with Crippen molar-refractivity contribution in [2.24, 2.45) is 0 Å². The largest absolute Gasteiger partial charge is 0.496 e. The summed E-state index contributed by atoms with van der Waals surface area (Å²) in [4.78, 5) is 21.8. The Labute approximate surface area is 126 Å². The molecule has 2 rings (SSSR count). The number of halogens is 1. The third-order valence-corrected chi connectivity index (χ3v) is 3.29. The number of nitro groups is 1. The maximum atomic E-state index is 11.3. The molecule has 0 saturated carbocycles. The molecule has 5 nitrogen and oxygen atoms in total. The Bertz CT molecular complexity index is 728. The number of aryl methyl sites for hydroxylation is 1. The van der Waals surface area contributed by atoms with Crippen molar-refractivity contribution < 1.29 is 14.5 Å². The molecule has 2 aromatic rings. The molecule has 0 heterocycles. The van der Waals surface area contributed by atoms with Gasteiger partial charge in [0.25, 0.3) is 10.9 Å². The predicted molar refractivity (Wildman–Crippen MR) is 80.0 cm³/mol. The van der Waals surface area contributed by atoms with Crippen LogP contribution in [0, 0.1) is 17.0 Å². The van der Waals surface area contributed by atoms with Crippen LogP contribution in [0.2, 0.25) is 0 Å². The number of rotatable bonds is 4. The van der Waals surface area contributed by atoms with Gasteiger partial charge in [-0.2, -0.15) is 0 Å². The van der Waals surface area contributed by atoms with E-state index in [0.717, 1.165) is 0 Å². The Hall–Kier alpha value is -2.40. The van der Waals surface area contributed by atoms with Crippen LogP contribution in [0.15, 0.2) is 36.4 Å². The number of ether oxygens (including phenoxy) is 1. The van der Waals surface area contributed by atoms with Gasteiger partial charge < -0.3 is 4.74 Å². The summed E-state index contributed by atoms with van der Waals surface area (Å²) < 4.78 is 5.33. The predicted octanol–water partition coefficient (Wildman–Crippen LogP) is 3.96. The van der Waals surface area contributed by atoms with Crippen LogP contribution in [0.1, 0.15) is 15.9 Å². The first-order valence-electron chi connectivity index (χ1n) is 6.07. The number of hydrogen-bond acceptors (Lipinski definition) is 4. The fraction of sp³-hybridized carbons (Fsp3) is 0.133. The molecule has 0 bridgehead atoms. The average molecular weight is 306 g/mol. The smallest absolute Gasteiger partial charge is 0.270 e. The molecule has 0 radical (unpaired) electrons. The third-order valence-electron chi connectivity index (χ3n) is 3.07. The van der Waals surface area contributed by atoms with E-state index in [1.165, 1.54) is 19.2 Å². The number of non-ortho nitro benzene ring substituents is 1. The van der Waals surface area contributed by atoms with Gasteiger partial charge in [-0.15, -0.1) is 0 Å². The highest BCUT2D eigenvalue weighted by molar-refractivity contribution is 6.67. The quantitative estimate of drug-likeness (QED) is 0.487. The second-order valence-corrected chi connectivity index (χ2v) is 4.80. The Morgan fingerprint density at radius 2 is 2.00 bits per heavy atom. The standard InChI is InChI=1S/C15H12ClNO4/c1-9-6-12(17(19)20)8-13(14(9)21-2)10-4-3-5-11(7-10)15(16)18/h3-8H,1-2H3. The van der Waals surface area contributed by atoms with E-state index in [1.54, 1.807) is 31.2 Å². The van der Waals surface area contributed by atoms with Crippen molar-refractivity contribution >= 4 is 22.5 Å².